The fourth-order valence-electron chi connectivity index (χ4n) is 5.02. The van der Waals surface area contributed by atoms with Crippen molar-refractivity contribution < 1.29 is 8.92 Å². The second-order valence-corrected chi connectivity index (χ2v) is 9.84. The Morgan fingerprint density at radius 1 is 1.07 bits per heavy atom. The van der Waals surface area contributed by atoms with Crippen molar-refractivity contribution in [2.45, 2.75) is 55.9 Å². The molecule has 0 aromatic heterocycles. The molecule has 1 saturated heterocycles. The van der Waals surface area contributed by atoms with Gasteiger partial charge in [-0.1, -0.05) is 12.1 Å². The second kappa shape index (κ2) is 8.95. The van der Waals surface area contributed by atoms with E-state index >= 15 is 0 Å². The maximum Gasteiger partial charge on any atom is 0.138 e. The van der Waals surface area contributed by atoms with Crippen LogP contribution in [0.25, 0.3) is 0 Å². The summed E-state index contributed by atoms with van der Waals surface area (Å²) in [5, 5.41) is 0. The Balaban J connectivity index is 0.999. The quantitative estimate of drug-likeness (QED) is 0.455. The van der Waals surface area contributed by atoms with Crippen molar-refractivity contribution in [3.8, 4) is 5.75 Å². The molecule has 0 N–H and O–H groups in total. The molecule has 3 fully saturated rings. The van der Waals surface area contributed by atoms with E-state index in [9.17, 15) is 0 Å². The maximum absolute atomic E-state index is 5.92. The molecule has 1 aromatic carbocycles. The van der Waals surface area contributed by atoms with E-state index < -0.39 is 0 Å². The summed E-state index contributed by atoms with van der Waals surface area (Å²) >= 11 is 1.49. The molecule has 0 atom stereocenters. The smallest absolute Gasteiger partial charge is 0.138 e. The lowest BCUT2D eigenvalue weighted by Gasteiger charge is -2.39. The van der Waals surface area contributed by atoms with E-state index in [1.807, 2.05) is 0 Å². The van der Waals surface area contributed by atoms with Gasteiger partial charge in [-0.2, -0.15) is 0 Å². The van der Waals surface area contributed by atoms with Gasteiger partial charge in [0.2, 0.25) is 0 Å². The van der Waals surface area contributed by atoms with E-state index in [4.69, 9.17) is 8.92 Å². The first-order valence-corrected chi connectivity index (χ1v) is 12.1. The van der Waals surface area contributed by atoms with Crippen LogP contribution in [0.3, 0.4) is 0 Å². The van der Waals surface area contributed by atoms with Crippen LogP contribution < -0.4 is 4.74 Å². The van der Waals surface area contributed by atoms with Gasteiger partial charge in [0.25, 0.3) is 0 Å². The first-order chi connectivity index (χ1) is 13.9. The highest BCUT2D eigenvalue weighted by atomic mass is 32.2. The Kier molecular flexibility index (Phi) is 6.14. The van der Waals surface area contributed by atoms with E-state index in [0.717, 1.165) is 67.5 Å². The second-order valence-electron chi connectivity index (χ2n) is 9.00. The molecule has 1 aromatic rings. The SMILES string of the molecule is c1cc2c(c(SOCCCN3CCN(C(C4CC4)C4CC4)CC3)c1)OCCC2. The number of piperazine rings is 1. The molecule has 28 heavy (non-hydrogen) atoms. The lowest BCUT2D eigenvalue weighted by Crippen LogP contribution is -2.51. The molecule has 2 heterocycles. The summed E-state index contributed by atoms with van der Waals surface area (Å²) in [6, 6.07) is 7.34. The number of hydrogen-bond acceptors (Lipinski definition) is 5. The zero-order valence-corrected chi connectivity index (χ0v) is 17.8. The molecular formula is C23H34N2O2S. The number of fused-ring (bicyclic) bond motifs is 1. The van der Waals surface area contributed by atoms with E-state index in [-0.39, 0.29) is 0 Å². The van der Waals surface area contributed by atoms with Crippen LogP contribution in [-0.4, -0.2) is 61.8 Å². The molecule has 0 amide bonds. The van der Waals surface area contributed by atoms with Crippen molar-refractivity contribution in [1.29, 1.82) is 0 Å². The first kappa shape index (κ1) is 19.2. The van der Waals surface area contributed by atoms with Gasteiger partial charge in [-0.05, 0) is 68.4 Å². The van der Waals surface area contributed by atoms with E-state index in [1.54, 1.807) is 0 Å². The molecule has 154 valence electrons. The average Bonchev–Trinajstić information content (AvgIpc) is 3.65. The van der Waals surface area contributed by atoms with Gasteiger partial charge in [-0.15, -0.1) is 0 Å². The summed E-state index contributed by atoms with van der Waals surface area (Å²) in [5.74, 6) is 3.13. The highest BCUT2D eigenvalue weighted by Crippen LogP contribution is 2.47. The van der Waals surface area contributed by atoms with Gasteiger partial charge in [0, 0.05) is 50.8 Å². The Hall–Kier alpha value is -0.750. The van der Waals surface area contributed by atoms with Crippen LogP contribution >= 0.6 is 12.0 Å². The van der Waals surface area contributed by atoms with Crippen molar-refractivity contribution in [1.82, 2.24) is 9.80 Å². The topological polar surface area (TPSA) is 24.9 Å². The maximum atomic E-state index is 5.92. The lowest BCUT2D eigenvalue weighted by molar-refractivity contribution is 0.0746. The molecule has 0 spiro atoms. The molecule has 4 aliphatic rings. The molecule has 5 rings (SSSR count). The Morgan fingerprint density at radius 2 is 1.86 bits per heavy atom. The van der Waals surface area contributed by atoms with Crippen molar-refractivity contribution in [3.63, 3.8) is 0 Å². The number of ether oxygens (including phenoxy) is 1. The minimum Gasteiger partial charge on any atom is -0.492 e. The Morgan fingerprint density at radius 3 is 2.61 bits per heavy atom. The summed E-state index contributed by atoms with van der Waals surface area (Å²) in [6.07, 6.45) is 9.32. The fraction of sp³-hybridized carbons (Fsp3) is 0.739. The van der Waals surface area contributed by atoms with Crippen molar-refractivity contribution in [2.75, 3.05) is 45.9 Å². The number of nitrogens with zero attached hydrogens (tertiary/aromatic N) is 2. The minimum atomic E-state index is 0.807. The number of hydrogen-bond donors (Lipinski definition) is 0. The third-order valence-corrected chi connectivity index (χ3v) is 7.57. The molecule has 0 radical (unpaired) electrons. The molecule has 0 bridgehead atoms. The van der Waals surface area contributed by atoms with E-state index in [1.165, 1.54) is 69.5 Å². The zero-order chi connectivity index (χ0) is 18.8. The normalized spacial score (nSPS) is 23.6. The Labute approximate surface area is 174 Å². The average molecular weight is 403 g/mol. The van der Waals surface area contributed by atoms with Crippen molar-refractivity contribution in [3.05, 3.63) is 23.8 Å². The van der Waals surface area contributed by atoms with Crippen LogP contribution in [0.1, 0.15) is 44.1 Å². The summed E-state index contributed by atoms with van der Waals surface area (Å²) in [4.78, 5) is 6.60. The Bertz CT molecular complexity index is 642. The molecule has 4 nitrogen and oxygen atoms in total. The van der Waals surface area contributed by atoms with E-state index in [2.05, 4.69) is 28.0 Å². The predicted molar refractivity (Wildman–Crippen MR) is 114 cm³/mol. The van der Waals surface area contributed by atoms with Crippen LogP contribution in [0, 0.1) is 11.8 Å². The summed E-state index contributed by atoms with van der Waals surface area (Å²) in [7, 11) is 0. The predicted octanol–water partition coefficient (Wildman–Crippen LogP) is 4.23. The third-order valence-electron chi connectivity index (χ3n) is 6.79. The highest BCUT2D eigenvalue weighted by Gasteiger charge is 2.44. The minimum absolute atomic E-state index is 0.807. The highest BCUT2D eigenvalue weighted by molar-refractivity contribution is 7.94. The van der Waals surface area contributed by atoms with Gasteiger partial charge in [0.1, 0.15) is 5.75 Å². The summed E-state index contributed by atoms with van der Waals surface area (Å²) in [5.41, 5.74) is 1.33. The molecule has 2 aliphatic heterocycles. The van der Waals surface area contributed by atoms with E-state index in [0.29, 0.717) is 0 Å². The third kappa shape index (κ3) is 4.69. The molecular weight excluding hydrogens is 368 g/mol. The van der Waals surface area contributed by atoms with Gasteiger partial charge in [-0.3, -0.25) is 4.90 Å². The van der Waals surface area contributed by atoms with Crippen LogP contribution in [0.4, 0.5) is 0 Å². The van der Waals surface area contributed by atoms with Gasteiger partial charge in [-0.25, -0.2) is 0 Å². The molecule has 2 saturated carbocycles. The number of aryl methyl sites for hydroxylation is 1. The summed E-state index contributed by atoms with van der Waals surface area (Å²) in [6.45, 7) is 7.84. The molecule has 2 aliphatic carbocycles. The van der Waals surface area contributed by atoms with Crippen LogP contribution in [0.2, 0.25) is 0 Å². The zero-order valence-electron chi connectivity index (χ0n) is 17.0. The number of benzene rings is 1. The van der Waals surface area contributed by atoms with Gasteiger partial charge in [0.05, 0.1) is 18.1 Å². The standard InChI is InChI=1S/C23H34N2O2S/c1-4-20-5-2-16-26-23(20)21(6-1)28-27-17-3-11-24-12-14-25(15-13-24)22(18-7-8-18)19-9-10-19/h1,4,6,18-19,22H,2-3,5,7-17H2. The monoisotopic (exact) mass is 402 g/mol. The van der Waals surface area contributed by atoms with Crippen LogP contribution in [-0.2, 0) is 10.6 Å². The molecule has 5 heteroatoms. The first-order valence-electron chi connectivity index (χ1n) is 11.4. The van der Waals surface area contributed by atoms with Gasteiger partial charge in [0.15, 0.2) is 0 Å². The van der Waals surface area contributed by atoms with Gasteiger partial charge >= 0.3 is 0 Å². The summed E-state index contributed by atoms with van der Waals surface area (Å²) < 4.78 is 11.8. The van der Waals surface area contributed by atoms with Crippen molar-refractivity contribution in [2.24, 2.45) is 11.8 Å². The van der Waals surface area contributed by atoms with Crippen molar-refractivity contribution >= 4 is 12.0 Å². The largest absolute Gasteiger partial charge is 0.492 e. The molecule has 0 unspecified atom stereocenters. The fourth-order valence-corrected chi connectivity index (χ4v) is 5.75. The van der Waals surface area contributed by atoms with Crippen LogP contribution in [0.5, 0.6) is 5.75 Å². The lowest BCUT2D eigenvalue weighted by atomic mass is 10.0. The van der Waals surface area contributed by atoms with Gasteiger partial charge < -0.3 is 13.8 Å². The number of rotatable bonds is 9. The number of para-hydroxylation sites is 1. The van der Waals surface area contributed by atoms with Crippen LogP contribution in [0.15, 0.2) is 23.1 Å².